The van der Waals surface area contributed by atoms with E-state index in [0.717, 1.165) is 28.2 Å². The van der Waals surface area contributed by atoms with Gasteiger partial charge in [-0.2, -0.15) is 5.10 Å². The molecule has 146 valence electrons. The Kier molecular flexibility index (Phi) is 5.44. The summed E-state index contributed by atoms with van der Waals surface area (Å²) in [6, 6.07) is 7.42. The minimum Gasteiger partial charge on any atom is -0.362 e. The van der Waals surface area contributed by atoms with E-state index in [1.54, 1.807) is 18.1 Å². The molecule has 0 aliphatic rings. The molecule has 3 aromatic rings. The lowest BCUT2D eigenvalue weighted by molar-refractivity contribution is 0.0785. The average molecular weight is 378 g/mol. The first-order valence-electron chi connectivity index (χ1n) is 9.12. The van der Waals surface area contributed by atoms with Crippen molar-refractivity contribution in [1.82, 2.24) is 24.6 Å². The van der Waals surface area contributed by atoms with Crippen molar-refractivity contribution in [2.75, 3.05) is 26.0 Å². The van der Waals surface area contributed by atoms with E-state index in [4.69, 9.17) is 0 Å². The molecule has 0 saturated carbocycles. The zero-order valence-corrected chi connectivity index (χ0v) is 17.3. The summed E-state index contributed by atoms with van der Waals surface area (Å²) in [5.74, 6) is 1.50. The van der Waals surface area contributed by atoms with Crippen molar-refractivity contribution >= 4 is 11.7 Å². The van der Waals surface area contributed by atoms with Crippen molar-refractivity contribution in [3.63, 3.8) is 0 Å². The summed E-state index contributed by atoms with van der Waals surface area (Å²) in [5, 5.41) is 4.23. The highest BCUT2D eigenvalue weighted by Crippen LogP contribution is 2.21. The lowest BCUT2D eigenvalue weighted by atomic mass is 10.1. The third kappa shape index (κ3) is 3.88. The molecule has 0 bridgehead atoms. The summed E-state index contributed by atoms with van der Waals surface area (Å²) in [5.41, 5.74) is 4.63. The number of aryl methyl sites for hydroxylation is 2. The molecule has 2 heterocycles. The van der Waals surface area contributed by atoms with E-state index < -0.39 is 0 Å². The fourth-order valence-corrected chi connectivity index (χ4v) is 3.03. The highest BCUT2D eigenvalue weighted by molar-refractivity contribution is 5.94. The molecule has 0 saturated heterocycles. The van der Waals surface area contributed by atoms with E-state index in [9.17, 15) is 4.79 Å². The van der Waals surface area contributed by atoms with Gasteiger partial charge in [0, 0.05) is 68.9 Å². The first kappa shape index (κ1) is 19.5. The Morgan fingerprint density at radius 3 is 2.32 bits per heavy atom. The van der Waals surface area contributed by atoms with Crippen LogP contribution in [0.3, 0.4) is 0 Å². The Morgan fingerprint density at radius 2 is 1.75 bits per heavy atom. The van der Waals surface area contributed by atoms with Gasteiger partial charge < -0.3 is 9.80 Å². The van der Waals surface area contributed by atoms with Crippen LogP contribution < -0.4 is 4.90 Å². The summed E-state index contributed by atoms with van der Waals surface area (Å²) in [4.78, 5) is 25.5. The van der Waals surface area contributed by atoms with Crippen molar-refractivity contribution < 1.29 is 4.79 Å². The Labute approximate surface area is 165 Å². The molecular formula is C21H26N6O. The second-order valence-corrected chi connectivity index (χ2v) is 7.21. The number of rotatable bonds is 5. The Morgan fingerprint density at radius 1 is 1.07 bits per heavy atom. The van der Waals surface area contributed by atoms with Crippen LogP contribution in [0.2, 0.25) is 0 Å². The zero-order chi connectivity index (χ0) is 20.4. The number of amides is 1. The molecule has 0 fully saturated rings. The number of anilines is 1. The molecule has 2 aromatic heterocycles. The van der Waals surface area contributed by atoms with Crippen LogP contribution in [-0.2, 0) is 13.6 Å². The summed E-state index contributed by atoms with van der Waals surface area (Å²) in [6.07, 6.45) is 3.63. The molecule has 3 rings (SSSR count). The van der Waals surface area contributed by atoms with E-state index in [2.05, 4.69) is 15.1 Å². The normalized spacial score (nSPS) is 10.8. The SMILES string of the molecule is Cc1cnc(-c2ccc(C(=O)N(C)Cc3cnn(C)c3C)cc2)nc1N(C)C. The monoisotopic (exact) mass is 378 g/mol. The number of benzene rings is 1. The van der Waals surface area contributed by atoms with Crippen molar-refractivity contribution in [1.29, 1.82) is 0 Å². The van der Waals surface area contributed by atoms with Gasteiger partial charge in [-0.1, -0.05) is 12.1 Å². The van der Waals surface area contributed by atoms with E-state index in [1.807, 2.05) is 75.0 Å². The number of carbonyl (C=O) groups is 1. The van der Waals surface area contributed by atoms with Gasteiger partial charge in [-0.05, 0) is 26.0 Å². The highest BCUT2D eigenvalue weighted by Gasteiger charge is 2.15. The average Bonchev–Trinajstić information content (AvgIpc) is 2.99. The maximum atomic E-state index is 12.8. The molecule has 0 atom stereocenters. The van der Waals surface area contributed by atoms with Crippen molar-refractivity contribution in [3.05, 3.63) is 59.0 Å². The van der Waals surface area contributed by atoms with Crippen molar-refractivity contribution in [3.8, 4) is 11.4 Å². The molecule has 1 amide bonds. The summed E-state index contributed by atoms with van der Waals surface area (Å²) < 4.78 is 1.81. The van der Waals surface area contributed by atoms with Crippen LogP contribution in [-0.4, -0.2) is 51.7 Å². The largest absolute Gasteiger partial charge is 0.362 e. The number of hydrogen-bond acceptors (Lipinski definition) is 5. The maximum absolute atomic E-state index is 12.8. The highest BCUT2D eigenvalue weighted by atomic mass is 16.2. The van der Waals surface area contributed by atoms with Gasteiger partial charge in [-0.3, -0.25) is 9.48 Å². The van der Waals surface area contributed by atoms with Crippen LogP contribution in [0.25, 0.3) is 11.4 Å². The number of nitrogens with zero attached hydrogens (tertiary/aromatic N) is 6. The summed E-state index contributed by atoms with van der Waals surface area (Å²) in [6.45, 7) is 4.51. The van der Waals surface area contributed by atoms with Gasteiger partial charge in [0.1, 0.15) is 5.82 Å². The van der Waals surface area contributed by atoms with E-state index in [1.165, 1.54) is 0 Å². The molecule has 0 spiro atoms. The zero-order valence-electron chi connectivity index (χ0n) is 17.3. The molecule has 0 unspecified atom stereocenters. The molecule has 0 aliphatic carbocycles. The van der Waals surface area contributed by atoms with E-state index >= 15 is 0 Å². The number of aromatic nitrogens is 4. The molecule has 7 heteroatoms. The van der Waals surface area contributed by atoms with E-state index in [-0.39, 0.29) is 5.91 Å². The van der Waals surface area contributed by atoms with Gasteiger partial charge in [0.2, 0.25) is 0 Å². The Balaban J connectivity index is 1.77. The fourth-order valence-electron chi connectivity index (χ4n) is 3.03. The molecule has 0 N–H and O–H groups in total. The molecule has 7 nitrogen and oxygen atoms in total. The molecule has 1 aromatic carbocycles. The molecule has 0 aliphatic heterocycles. The van der Waals surface area contributed by atoms with Gasteiger partial charge in [-0.25, -0.2) is 9.97 Å². The Hall–Kier alpha value is -3.22. The summed E-state index contributed by atoms with van der Waals surface area (Å²) >= 11 is 0. The van der Waals surface area contributed by atoms with Gasteiger partial charge in [0.15, 0.2) is 5.82 Å². The topological polar surface area (TPSA) is 67.2 Å². The van der Waals surface area contributed by atoms with Crippen LogP contribution >= 0.6 is 0 Å². The maximum Gasteiger partial charge on any atom is 0.253 e. The molecule has 28 heavy (non-hydrogen) atoms. The number of hydrogen-bond donors (Lipinski definition) is 0. The quantitative estimate of drug-likeness (QED) is 0.683. The van der Waals surface area contributed by atoms with Crippen molar-refractivity contribution in [2.45, 2.75) is 20.4 Å². The third-order valence-electron chi connectivity index (χ3n) is 4.85. The van der Waals surface area contributed by atoms with Crippen LogP contribution in [0.1, 0.15) is 27.2 Å². The Bertz CT molecular complexity index is 991. The van der Waals surface area contributed by atoms with Crippen LogP contribution in [0.15, 0.2) is 36.7 Å². The fraction of sp³-hybridized carbons (Fsp3) is 0.333. The molecular weight excluding hydrogens is 352 g/mol. The number of carbonyl (C=O) groups excluding carboxylic acids is 1. The molecule has 0 radical (unpaired) electrons. The first-order chi connectivity index (χ1) is 13.3. The van der Waals surface area contributed by atoms with Gasteiger partial charge >= 0.3 is 0 Å². The second kappa shape index (κ2) is 7.80. The van der Waals surface area contributed by atoms with Crippen LogP contribution in [0, 0.1) is 13.8 Å². The third-order valence-corrected chi connectivity index (χ3v) is 4.85. The van der Waals surface area contributed by atoms with Crippen LogP contribution in [0.4, 0.5) is 5.82 Å². The smallest absolute Gasteiger partial charge is 0.253 e. The lowest BCUT2D eigenvalue weighted by Gasteiger charge is -2.17. The first-order valence-corrected chi connectivity index (χ1v) is 9.12. The van der Waals surface area contributed by atoms with Gasteiger partial charge in [0.05, 0.1) is 6.20 Å². The minimum atomic E-state index is -0.0337. The van der Waals surface area contributed by atoms with E-state index in [0.29, 0.717) is 17.9 Å². The van der Waals surface area contributed by atoms with Crippen LogP contribution in [0.5, 0.6) is 0 Å². The van der Waals surface area contributed by atoms with Gasteiger partial charge in [-0.15, -0.1) is 0 Å². The second-order valence-electron chi connectivity index (χ2n) is 7.21. The summed E-state index contributed by atoms with van der Waals surface area (Å²) in [7, 11) is 7.62. The standard InChI is InChI=1S/C21H26N6O/c1-14-11-22-19(24-20(14)25(3)4)16-7-9-17(10-8-16)21(28)26(5)13-18-12-23-27(6)15(18)2/h7-12H,13H2,1-6H3. The lowest BCUT2D eigenvalue weighted by Crippen LogP contribution is -2.26. The van der Waals surface area contributed by atoms with Gasteiger partial charge in [0.25, 0.3) is 5.91 Å². The predicted octanol–water partition coefficient (Wildman–Crippen LogP) is 2.83. The predicted molar refractivity (Wildman–Crippen MR) is 110 cm³/mol. The van der Waals surface area contributed by atoms with Crippen molar-refractivity contribution in [2.24, 2.45) is 7.05 Å². The minimum absolute atomic E-state index is 0.0337.